The van der Waals surface area contributed by atoms with Gasteiger partial charge in [0.2, 0.25) is 5.91 Å². The van der Waals surface area contributed by atoms with E-state index in [0.717, 1.165) is 12.2 Å². The van der Waals surface area contributed by atoms with Crippen molar-refractivity contribution in [1.29, 1.82) is 0 Å². The first-order chi connectivity index (χ1) is 7.58. The number of rotatable bonds is 1. The molecular weight excluding hydrogens is 204 g/mol. The lowest BCUT2D eigenvalue weighted by Crippen LogP contribution is -2.23. The van der Waals surface area contributed by atoms with Gasteiger partial charge in [0.05, 0.1) is 18.3 Å². The molecule has 1 aliphatic rings. The molecule has 90 valence electrons. The summed E-state index contributed by atoms with van der Waals surface area (Å²) < 4.78 is 7.45. The van der Waals surface area contributed by atoms with Crippen LogP contribution in [0.5, 0.6) is 0 Å². The second-order valence-electron chi connectivity index (χ2n) is 3.77. The van der Waals surface area contributed by atoms with Crippen molar-refractivity contribution in [3.63, 3.8) is 0 Å². The van der Waals surface area contributed by atoms with E-state index in [4.69, 9.17) is 10.5 Å². The first-order valence-electron chi connectivity index (χ1n) is 5.26. The molecule has 0 unspecified atom stereocenters. The van der Waals surface area contributed by atoms with Gasteiger partial charge < -0.3 is 15.0 Å². The van der Waals surface area contributed by atoms with E-state index in [0.29, 0.717) is 12.2 Å². The van der Waals surface area contributed by atoms with Crippen LogP contribution < -0.4 is 5.73 Å². The summed E-state index contributed by atoms with van der Waals surface area (Å²) in [6.07, 6.45) is 3.75. The third-order valence-electron chi connectivity index (χ3n) is 2.24. The van der Waals surface area contributed by atoms with Crippen LogP contribution in [0.25, 0.3) is 0 Å². The number of hydrogen-bond donors (Lipinski definition) is 1. The van der Waals surface area contributed by atoms with Crippen molar-refractivity contribution in [2.75, 3.05) is 0 Å². The van der Waals surface area contributed by atoms with Crippen LogP contribution in [-0.2, 0) is 17.9 Å². The maximum atomic E-state index is 10.9. The van der Waals surface area contributed by atoms with Crippen LogP contribution in [0.2, 0.25) is 0 Å². The first-order valence-corrected chi connectivity index (χ1v) is 5.26. The van der Waals surface area contributed by atoms with Gasteiger partial charge in [0.15, 0.2) is 0 Å². The molecule has 0 bridgehead atoms. The smallest absolute Gasteiger partial charge is 0.250 e. The van der Waals surface area contributed by atoms with E-state index in [1.54, 1.807) is 18.3 Å². The highest BCUT2D eigenvalue weighted by atomic mass is 16.5. The van der Waals surface area contributed by atoms with Gasteiger partial charge in [0, 0.05) is 19.9 Å². The van der Waals surface area contributed by atoms with Gasteiger partial charge in [-0.15, -0.1) is 6.58 Å². The van der Waals surface area contributed by atoms with Crippen LogP contribution in [-0.4, -0.2) is 16.6 Å². The van der Waals surface area contributed by atoms with Gasteiger partial charge in [-0.2, -0.15) is 0 Å². The standard InChI is InChI=1S/C9H12N2O2.C3H6.H2/c1-6-3-11-4-7(9(10)12)2-8(11)5-13-6;1-3-2;/h2,4,6H,3,5H2,1H3,(H2,10,12);3H,1H2,2H3;1H/t6-;;/m0../s1. The lowest BCUT2D eigenvalue weighted by atomic mass is 10.3. The van der Waals surface area contributed by atoms with Crippen LogP contribution in [0.3, 0.4) is 0 Å². The number of amides is 1. The molecule has 1 atom stereocenters. The molecule has 0 aromatic carbocycles. The topological polar surface area (TPSA) is 57.2 Å². The Morgan fingerprint density at radius 2 is 2.44 bits per heavy atom. The predicted octanol–water partition coefficient (Wildman–Crippen LogP) is 1.94. The van der Waals surface area contributed by atoms with Gasteiger partial charge in [0.1, 0.15) is 0 Å². The molecule has 4 nitrogen and oxygen atoms in total. The van der Waals surface area contributed by atoms with Gasteiger partial charge in [0.25, 0.3) is 0 Å². The molecule has 0 fully saturated rings. The molecule has 0 saturated heterocycles. The van der Waals surface area contributed by atoms with Crippen molar-refractivity contribution >= 4 is 5.91 Å². The summed E-state index contributed by atoms with van der Waals surface area (Å²) in [6.45, 7) is 8.62. The van der Waals surface area contributed by atoms with Crippen LogP contribution >= 0.6 is 0 Å². The molecule has 0 radical (unpaired) electrons. The highest BCUT2D eigenvalue weighted by molar-refractivity contribution is 5.92. The Morgan fingerprint density at radius 3 is 3.00 bits per heavy atom. The Kier molecular flexibility index (Phi) is 4.31. The number of nitrogens with zero attached hydrogens (tertiary/aromatic N) is 1. The third-order valence-corrected chi connectivity index (χ3v) is 2.24. The second-order valence-corrected chi connectivity index (χ2v) is 3.77. The summed E-state index contributed by atoms with van der Waals surface area (Å²) in [6, 6.07) is 1.79. The predicted molar refractivity (Wildman–Crippen MR) is 65.2 cm³/mol. The number of allylic oxidation sites excluding steroid dienone is 1. The number of carbonyl (C=O) groups is 1. The summed E-state index contributed by atoms with van der Waals surface area (Å²) in [5.41, 5.74) is 6.75. The molecule has 0 saturated carbocycles. The van der Waals surface area contributed by atoms with Crippen molar-refractivity contribution in [2.45, 2.75) is 33.1 Å². The fourth-order valence-electron chi connectivity index (χ4n) is 1.54. The molecule has 4 heteroatoms. The van der Waals surface area contributed by atoms with E-state index in [9.17, 15) is 4.79 Å². The Labute approximate surface area is 97.2 Å². The monoisotopic (exact) mass is 224 g/mol. The molecule has 0 aliphatic carbocycles. The third kappa shape index (κ3) is 2.97. The lowest BCUT2D eigenvalue weighted by Gasteiger charge is -2.21. The van der Waals surface area contributed by atoms with Crippen molar-refractivity contribution in [3.05, 3.63) is 36.2 Å². The van der Waals surface area contributed by atoms with Crippen molar-refractivity contribution in [3.8, 4) is 0 Å². The molecule has 1 aliphatic heterocycles. The molecule has 1 aromatic rings. The number of fused-ring (bicyclic) bond motifs is 1. The normalized spacial score (nSPS) is 18.0. The fourth-order valence-corrected chi connectivity index (χ4v) is 1.54. The average Bonchev–Trinajstić information content (AvgIpc) is 2.61. The van der Waals surface area contributed by atoms with Gasteiger partial charge in [-0.25, -0.2) is 0 Å². The Hall–Kier alpha value is -1.55. The van der Waals surface area contributed by atoms with Crippen molar-refractivity contribution in [2.24, 2.45) is 5.73 Å². The molecule has 1 aromatic heterocycles. The Morgan fingerprint density at radius 1 is 1.81 bits per heavy atom. The number of primary amides is 1. The summed E-state index contributed by atoms with van der Waals surface area (Å²) in [5, 5.41) is 0. The van der Waals surface area contributed by atoms with Crippen LogP contribution in [0, 0.1) is 0 Å². The summed E-state index contributed by atoms with van der Waals surface area (Å²) in [4.78, 5) is 10.9. The SMILES string of the molecule is C=CC.C[C@H]1Cn2cc(C(N)=O)cc2CO1.[HH]. The zero-order chi connectivity index (χ0) is 12.1. The van der Waals surface area contributed by atoms with E-state index in [1.165, 1.54) is 0 Å². The highest BCUT2D eigenvalue weighted by Gasteiger charge is 2.17. The van der Waals surface area contributed by atoms with Gasteiger partial charge >= 0.3 is 0 Å². The molecule has 2 N–H and O–H groups in total. The lowest BCUT2D eigenvalue weighted by molar-refractivity contribution is 0.0167. The first kappa shape index (κ1) is 12.5. The minimum Gasteiger partial charge on any atom is -0.370 e. The number of nitrogens with two attached hydrogens (primary N) is 1. The van der Waals surface area contributed by atoms with Crippen LogP contribution in [0.4, 0.5) is 0 Å². The molecule has 2 heterocycles. The molecule has 2 rings (SSSR count). The van der Waals surface area contributed by atoms with Gasteiger partial charge in [-0.1, -0.05) is 6.08 Å². The second kappa shape index (κ2) is 5.51. The molecule has 16 heavy (non-hydrogen) atoms. The zero-order valence-electron chi connectivity index (χ0n) is 9.77. The fraction of sp³-hybridized carbons (Fsp3) is 0.417. The minimum atomic E-state index is -0.380. The maximum Gasteiger partial charge on any atom is 0.250 e. The Bertz CT molecular complexity index is 388. The van der Waals surface area contributed by atoms with Crippen molar-refractivity contribution in [1.82, 2.24) is 4.57 Å². The highest BCUT2D eigenvalue weighted by Crippen LogP contribution is 2.16. The Balaban J connectivity index is 0.000000583. The van der Waals surface area contributed by atoms with E-state index >= 15 is 0 Å². The molecule has 1 amide bonds. The zero-order valence-corrected chi connectivity index (χ0v) is 9.77. The largest absolute Gasteiger partial charge is 0.370 e. The van der Waals surface area contributed by atoms with Crippen molar-refractivity contribution < 1.29 is 11.0 Å². The number of carbonyl (C=O) groups excluding carboxylic acids is 1. The van der Waals surface area contributed by atoms with E-state index in [1.807, 2.05) is 18.4 Å². The van der Waals surface area contributed by atoms with E-state index in [-0.39, 0.29) is 13.4 Å². The molecule has 0 spiro atoms. The number of ether oxygens (including phenoxy) is 1. The summed E-state index contributed by atoms with van der Waals surface area (Å²) >= 11 is 0. The maximum absolute atomic E-state index is 10.9. The van der Waals surface area contributed by atoms with Gasteiger partial charge in [-0.05, 0) is 19.9 Å². The minimum absolute atomic E-state index is 0. The number of aromatic nitrogens is 1. The quantitative estimate of drug-likeness (QED) is 0.741. The van der Waals surface area contributed by atoms with E-state index < -0.39 is 0 Å². The number of hydrogen-bond acceptors (Lipinski definition) is 2. The van der Waals surface area contributed by atoms with Gasteiger partial charge in [-0.3, -0.25) is 4.79 Å². The summed E-state index contributed by atoms with van der Waals surface area (Å²) in [5.74, 6) is -0.380. The molecular formula is C12H20N2O2. The van der Waals surface area contributed by atoms with E-state index in [2.05, 4.69) is 6.58 Å². The van der Waals surface area contributed by atoms with Crippen LogP contribution in [0.15, 0.2) is 24.9 Å². The summed E-state index contributed by atoms with van der Waals surface area (Å²) in [7, 11) is 0. The average molecular weight is 224 g/mol. The van der Waals surface area contributed by atoms with Crippen LogP contribution in [0.1, 0.15) is 31.3 Å².